The van der Waals surface area contributed by atoms with E-state index < -0.39 is 29.7 Å². The monoisotopic (exact) mass is 482 g/mol. The summed E-state index contributed by atoms with van der Waals surface area (Å²) in [5, 5.41) is -0.209. The number of alkyl halides is 3. The van der Waals surface area contributed by atoms with Gasteiger partial charge < -0.3 is 4.74 Å². The van der Waals surface area contributed by atoms with Gasteiger partial charge >= 0.3 is 6.36 Å². The Labute approximate surface area is 199 Å². The van der Waals surface area contributed by atoms with E-state index in [-0.39, 0.29) is 16.3 Å². The van der Waals surface area contributed by atoms with Crippen LogP contribution in [-0.2, 0) is 0 Å². The first kappa shape index (κ1) is 25.2. The molecule has 2 aliphatic rings. The zero-order valence-corrected chi connectivity index (χ0v) is 19.9. The molecule has 0 N–H and O–H groups in total. The lowest BCUT2D eigenvalue weighted by Crippen LogP contribution is -2.31. The fourth-order valence-corrected chi connectivity index (χ4v) is 6.48. The molecule has 34 heavy (non-hydrogen) atoms. The Bertz CT molecular complexity index is 969. The second kappa shape index (κ2) is 10.8. The molecule has 0 heterocycles. The van der Waals surface area contributed by atoms with Crippen LogP contribution in [-0.4, -0.2) is 6.36 Å². The molecule has 4 unspecified atom stereocenters. The molecule has 6 heteroatoms. The zero-order chi connectivity index (χ0) is 24.3. The highest BCUT2D eigenvalue weighted by Gasteiger charge is 2.40. The molecule has 0 saturated heterocycles. The van der Waals surface area contributed by atoms with Gasteiger partial charge in [0.25, 0.3) is 0 Å². The minimum atomic E-state index is -5.05. The lowest BCUT2D eigenvalue weighted by molar-refractivity contribution is -0.275. The summed E-state index contributed by atoms with van der Waals surface area (Å²) >= 11 is 0. The van der Waals surface area contributed by atoms with Gasteiger partial charge in [0.2, 0.25) is 0 Å². The molecular weight excluding hydrogens is 447 g/mol. The SMILES string of the molecule is CCCCCCCC1CCC2CC(c3c(F)c(OC(F)(F)F)c4ccccc4c3F)CCC2C1. The van der Waals surface area contributed by atoms with Gasteiger partial charge in [0.15, 0.2) is 11.6 Å². The summed E-state index contributed by atoms with van der Waals surface area (Å²) in [5.74, 6) is -1.60. The largest absolute Gasteiger partial charge is 0.573 e. The molecule has 4 atom stereocenters. The zero-order valence-electron chi connectivity index (χ0n) is 19.9. The van der Waals surface area contributed by atoms with Crippen LogP contribution in [0, 0.1) is 29.4 Å². The molecule has 2 saturated carbocycles. The van der Waals surface area contributed by atoms with Crippen LogP contribution < -0.4 is 4.74 Å². The van der Waals surface area contributed by atoms with E-state index in [2.05, 4.69) is 11.7 Å². The van der Waals surface area contributed by atoms with Crippen molar-refractivity contribution in [3.63, 3.8) is 0 Å². The normalized spacial score (nSPS) is 25.4. The smallest absolute Gasteiger partial charge is 0.402 e. The van der Waals surface area contributed by atoms with Crippen LogP contribution in [0.1, 0.15) is 95.5 Å². The van der Waals surface area contributed by atoms with Gasteiger partial charge in [0.05, 0.1) is 0 Å². The number of unbranched alkanes of at least 4 members (excludes halogenated alkanes) is 4. The van der Waals surface area contributed by atoms with Gasteiger partial charge in [-0.25, -0.2) is 8.78 Å². The fourth-order valence-electron chi connectivity index (χ4n) is 6.48. The third kappa shape index (κ3) is 5.68. The first-order valence-corrected chi connectivity index (χ1v) is 12.9. The fraction of sp³-hybridized carbons (Fsp3) is 0.643. The van der Waals surface area contributed by atoms with Crippen LogP contribution in [0.3, 0.4) is 0 Å². The molecule has 1 nitrogen and oxygen atoms in total. The maximum Gasteiger partial charge on any atom is 0.573 e. The van der Waals surface area contributed by atoms with Gasteiger partial charge in [-0.05, 0) is 55.8 Å². The molecule has 188 valence electrons. The highest BCUT2D eigenvalue weighted by Crippen LogP contribution is 2.51. The van der Waals surface area contributed by atoms with Gasteiger partial charge in [0, 0.05) is 16.3 Å². The second-order valence-electron chi connectivity index (χ2n) is 10.4. The van der Waals surface area contributed by atoms with E-state index >= 15 is 8.78 Å². The number of hydrogen-bond acceptors (Lipinski definition) is 1. The highest BCUT2D eigenvalue weighted by atomic mass is 19.4. The summed E-state index contributed by atoms with van der Waals surface area (Å²) in [6.45, 7) is 2.22. The molecule has 2 aromatic rings. The Balaban J connectivity index is 1.49. The number of hydrogen-bond donors (Lipinski definition) is 0. The summed E-state index contributed by atoms with van der Waals surface area (Å²) in [7, 11) is 0. The van der Waals surface area contributed by atoms with Crippen molar-refractivity contribution in [3.8, 4) is 5.75 Å². The predicted molar refractivity (Wildman–Crippen MR) is 125 cm³/mol. The molecule has 0 aliphatic heterocycles. The van der Waals surface area contributed by atoms with Crippen molar-refractivity contribution in [2.75, 3.05) is 0 Å². The van der Waals surface area contributed by atoms with Crippen molar-refractivity contribution in [1.82, 2.24) is 0 Å². The minimum absolute atomic E-state index is 0.0212. The van der Waals surface area contributed by atoms with Crippen molar-refractivity contribution in [2.24, 2.45) is 17.8 Å². The van der Waals surface area contributed by atoms with E-state index in [0.29, 0.717) is 24.7 Å². The molecule has 0 spiro atoms. The average molecular weight is 483 g/mol. The van der Waals surface area contributed by atoms with Crippen LogP contribution in [0.5, 0.6) is 5.75 Å². The number of halogens is 5. The molecule has 0 amide bonds. The minimum Gasteiger partial charge on any atom is -0.402 e. The molecule has 0 radical (unpaired) electrons. The van der Waals surface area contributed by atoms with Gasteiger partial charge in [-0.3, -0.25) is 0 Å². The van der Waals surface area contributed by atoms with E-state index in [4.69, 9.17) is 0 Å². The Hall–Kier alpha value is -1.85. The van der Waals surface area contributed by atoms with Gasteiger partial charge in [-0.1, -0.05) is 76.1 Å². The highest BCUT2D eigenvalue weighted by molar-refractivity contribution is 5.90. The van der Waals surface area contributed by atoms with Gasteiger partial charge in [-0.2, -0.15) is 0 Å². The number of ether oxygens (including phenoxy) is 1. The van der Waals surface area contributed by atoms with E-state index in [1.165, 1.54) is 63.1 Å². The van der Waals surface area contributed by atoms with Crippen LogP contribution in [0.25, 0.3) is 10.8 Å². The van der Waals surface area contributed by atoms with Crippen molar-refractivity contribution < 1.29 is 26.7 Å². The molecule has 0 aromatic heterocycles. The lowest BCUT2D eigenvalue weighted by Gasteiger charge is -2.42. The molecule has 0 bridgehead atoms. The van der Waals surface area contributed by atoms with Crippen LogP contribution in [0.15, 0.2) is 24.3 Å². The van der Waals surface area contributed by atoms with Gasteiger partial charge in [0.1, 0.15) is 5.82 Å². The molecule has 2 fully saturated rings. The van der Waals surface area contributed by atoms with E-state index in [0.717, 1.165) is 25.2 Å². The number of benzene rings is 2. The van der Waals surface area contributed by atoms with Crippen LogP contribution >= 0.6 is 0 Å². The first-order chi connectivity index (χ1) is 16.3. The Morgan fingerprint density at radius 3 is 2.24 bits per heavy atom. The van der Waals surface area contributed by atoms with Crippen LogP contribution in [0.2, 0.25) is 0 Å². The lowest BCUT2D eigenvalue weighted by atomic mass is 9.63. The Morgan fingerprint density at radius 1 is 0.824 bits per heavy atom. The third-order valence-corrected chi connectivity index (χ3v) is 8.14. The summed E-state index contributed by atoms with van der Waals surface area (Å²) < 4.78 is 74.1. The Kier molecular flexibility index (Phi) is 8.04. The van der Waals surface area contributed by atoms with Crippen molar-refractivity contribution in [2.45, 2.75) is 96.3 Å². The van der Waals surface area contributed by atoms with E-state index in [1.807, 2.05) is 0 Å². The number of fused-ring (bicyclic) bond motifs is 2. The maximum atomic E-state index is 15.5. The summed E-state index contributed by atoms with van der Waals surface area (Å²) in [6.07, 6.45) is 8.12. The van der Waals surface area contributed by atoms with Gasteiger partial charge in [-0.15, -0.1) is 13.2 Å². The summed E-state index contributed by atoms with van der Waals surface area (Å²) in [6, 6.07) is 5.67. The number of rotatable bonds is 8. The van der Waals surface area contributed by atoms with Crippen molar-refractivity contribution in [3.05, 3.63) is 41.5 Å². The van der Waals surface area contributed by atoms with E-state index in [1.54, 1.807) is 6.07 Å². The maximum absolute atomic E-state index is 15.5. The molecule has 2 aliphatic carbocycles. The van der Waals surface area contributed by atoms with Crippen molar-refractivity contribution >= 4 is 10.8 Å². The average Bonchev–Trinajstić information content (AvgIpc) is 2.81. The standard InChI is InChI=1S/C28H35F5O/c1-2-3-4-5-6-9-18-12-13-20-17-21(15-14-19(20)16-18)24-25(29)22-10-7-8-11-23(22)27(26(24)30)34-28(31,32)33/h7-8,10-11,18-21H,2-6,9,12-17H2,1H3. The Morgan fingerprint density at radius 2 is 1.50 bits per heavy atom. The summed E-state index contributed by atoms with van der Waals surface area (Å²) in [5.41, 5.74) is -0.227. The molecule has 4 rings (SSSR count). The molecular formula is C28H35F5O. The first-order valence-electron chi connectivity index (χ1n) is 12.9. The van der Waals surface area contributed by atoms with Crippen LogP contribution in [0.4, 0.5) is 22.0 Å². The topological polar surface area (TPSA) is 9.23 Å². The second-order valence-corrected chi connectivity index (χ2v) is 10.4. The molecule has 2 aromatic carbocycles. The van der Waals surface area contributed by atoms with Crippen molar-refractivity contribution in [1.29, 1.82) is 0 Å². The predicted octanol–water partition coefficient (Wildman–Crippen LogP) is 9.68. The quantitative estimate of drug-likeness (QED) is 0.269. The van der Waals surface area contributed by atoms with E-state index in [9.17, 15) is 13.2 Å². The summed E-state index contributed by atoms with van der Waals surface area (Å²) in [4.78, 5) is 0. The third-order valence-electron chi connectivity index (χ3n) is 8.14.